The molecule has 1 N–H and O–H groups in total. The van der Waals surface area contributed by atoms with Gasteiger partial charge in [-0.3, -0.25) is 19.8 Å². The molecular formula is C12H10N4O3. The van der Waals surface area contributed by atoms with E-state index in [2.05, 4.69) is 10.4 Å². The predicted molar refractivity (Wildman–Crippen MR) is 66.1 cm³/mol. The number of urea groups is 1. The van der Waals surface area contributed by atoms with E-state index in [4.69, 9.17) is 0 Å². The SMILES string of the molecule is O=Cc1ccc(N2CCC(=O)NC2=O)n2nccc12. The van der Waals surface area contributed by atoms with Crippen LogP contribution in [0.2, 0.25) is 0 Å². The van der Waals surface area contributed by atoms with Crippen molar-refractivity contribution in [3.05, 3.63) is 30.0 Å². The fourth-order valence-electron chi connectivity index (χ4n) is 2.11. The Balaban J connectivity index is 2.11. The lowest BCUT2D eigenvalue weighted by Crippen LogP contribution is -2.50. The Morgan fingerprint density at radius 2 is 2.11 bits per heavy atom. The summed E-state index contributed by atoms with van der Waals surface area (Å²) in [5, 5.41) is 6.36. The normalized spacial score (nSPS) is 15.7. The maximum Gasteiger partial charge on any atom is 0.329 e. The highest BCUT2D eigenvalue weighted by molar-refractivity contribution is 6.05. The molecule has 19 heavy (non-hydrogen) atoms. The summed E-state index contributed by atoms with van der Waals surface area (Å²) in [5.41, 5.74) is 1.12. The number of amides is 3. The molecule has 0 atom stereocenters. The molecule has 3 amide bonds. The predicted octanol–water partition coefficient (Wildman–Crippen LogP) is 0.593. The van der Waals surface area contributed by atoms with E-state index >= 15 is 0 Å². The maximum absolute atomic E-state index is 11.8. The van der Waals surface area contributed by atoms with Crippen molar-refractivity contribution in [2.24, 2.45) is 0 Å². The third kappa shape index (κ3) is 1.75. The molecule has 0 spiro atoms. The summed E-state index contributed by atoms with van der Waals surface area (Å²) in [6, 6.07) is 4.48. The Hall–Kier alpha value is -2.70. The molecule has 7 heteroatoms. The number of aldehydes is 1. The summed E-state index contributed by atoms with van der Waals surface area (Å²) in [5.74, 6) is 0.234. The van der Waals surface area contributed by atoms with Gasteiger partial charge in [0, 0.05) is 18.5 Å². The molecule has 0 aliphatic carbocycles. The van der Waals surface area contributed by atoms with Crippen LogP contribution in [0.25, 0.3) is 5.52 Å². The van der Waals surface area contributed by atoms with Gasteiger partial charge in [-0.2, -0.15) is 5.10 Å². The van der Waals surface area contributed by atoms with Gasteiger partial charge in [-0.1, -0.05) is 0 Å². The number of carbonyl (C=O) groups is 3. The van der Waals surface area contributed by atoms with Crippen LogP contribution in [0.5, 0.6) is 0 Å². The van der Waals surface area contributed by atoms with Gasteiger partial charge in [-0.25, -0.2) is 9.31 Å². The Labute approximate surface area is 107 Å². The number of pyridine rings is 1. The topological polar surface area (TPSA) is 83.8 Å². The monoisotopic (exact) mass is 258 g/mol. The van der Waals surface area contributed by atoms with Crippen LogP contribution in [-0.4, -0.2) is 34.4 Å². The van der Waals surface area contributed by atoms with Crippen molar-refractivity contribution >= 4 is 29.6 Å². The molecule has 1 saturated heterocycles. The molecule has 0 aromatic carbocycles. The number of hydrogen-bond donors (Lipinski definition) is 1. The molecule has 7 nitrogen and oxygen atoms in total. The lowest BCUT2D eigenvalue weighted by molar-refractivity contribution is -0.120. The molecule has 0 bridgehead atoms. The summed E-state index contributed by atoms with van der Waals surface area (Å²) in [4.78, 5) is 35.3. The third-order valence-electron chi connectivity index (χ3n) is 3.02. The van der Waals surface area contributed by atoms with E-state index in [0.717, 1.165) is 6.29 Å². The zero-order valence-corrected chi connectivity index (χ0v) is 9.87. The van der Waals surface area contributed by atoms with Crippen molar-refractivity contribution in [2.75, 3.05) is 11.4 Å². The zero-order chi connectivity index (χ0) is 13.4. The number of aromatic nitrogens is 2. The Morgan fingerprint density at radius 3 is 2.84 bits per heavy atom. The number of rotatable bonds is 2. The highest BCUT2D eigenvalue weighted by Gasteiger charge is 2.26. The number of anilines is 1. The largest absolute Gasteiger partial charge is 0.329 e. The second kappa shape index (κ2) is 4.20. The van der Waals surface area contributed by atoms with Crippen molar-refractivity contribution in [2.45, 2.75) is 6.42 Å². The van der Waals surface area contributed by atoms with Gasteiger partial charge < -0.3 is 0 Å². The van der Waals surface area contributed by atoms with Gasteiger partial charge in [0.15, 0.2) is 6.29 Å². The fourth-order valence-corrected chi connectivity index (χ4v) is 2.11. The fraction of sp³-hybridized carbons (Fsp3) is 0.167. The summed E-state index contributed by atoms with van der Waals surface area (Å²) in [6.45, 7) is 0.292. The van der Waals surface area contributed by atoms with Gasteiger partial charge in [0.25, 0.3) is 0 Å². The van der Waals surface area contributed by atoms with Crippen molar-refractivity contribution in [3.63, 3.8) is 0 Å². The summed E-state index contributed by atoms with van der Waals surface area (Å²) < 4.78 is 1.51. The van der Waals surface area contributed by atoms with Gasteiger partial charge in [0.1, 0.15) is 5.82 Å². The smallest absolute Gasteiger partial charge is 0.298 e. The first-order valence-corrected chi connectivity index (χ1v) is 5.74. The van der Waals surface area contributed by atoms with Gasteiger partial charge in [0.05, 0.1) is 11.7 Å². The average Bonchev–Trinajstić information content (AvgIpc) is 2.87. The molecule has 2 aromatic heterocycles. The van der Waals surface area contributed by atoms with E-state index in [1.165, 1.54) is 9.42 Å². The summed E-state index contributed by atoms with van der Waals surface area (Å²) >= 11 is 0. The average molecular weight is 258 g/mol. The number of imide groups is 1. The van der Waals surface area contributed by atoms with Gasteiger partial charge >= 0.3 is 6.03 Å². The quantitative estimate of drug-likeness (QED) is 0.799. The second-order valence-corrected chi connectivity index (χ2v) is 4.15. The summed E-state index contributed by atoms with van der Waals surface area (Å²) in [7, 11) is 0. The lowest BCUT2D eigenvalue weighted by Gasteiger charge is -2.26. The van der Waals surface area contributed by atoms with E-state index in [0.29, 0.717) is 23.4 Å². The minimum Gasteiger partial charge on any atom is -0.298 e. The number of fused-ring (bicyclic) bond motifs is 1. The van der Waals surface area contributed by atoms with E-state index in [1.54, 1.807) is 24.4 Å². The van der Waals surface area contributed by atoms with Crippen LogP contribution in [0.15, 0.2) is 24.4 Å². The highest BCUT2D eigenvalue weighted by atomic mass is 16.2. The highest BCUT2D eigenvalue weighted by Crippen LogP contribution is 2.20. The molecule has 1 aliphatic heterocycles. The Kier molecular flexibility index (Phi) is 2.52. The molecule has 1 fully saturated rings. The lowest BCUT2D eigenvalue weighted by atomic mass is 10.2. The molecule has 3 rings (SSSR count). The van der Waals surface area contributed by atoms with Crippen LogP contribution in [-0.2, 0) is 4.79 Å². The second-order valence-electron chi connectivity index (χ2n) is 4.15. The van der Waals surface area contributed by atoms with Crippen molar-refractivity contribution in [1.82, 2.24) is 14.9 Å². The molecule has 3 heterocycles. The molecular weight excluding hydrogens is 248 g/mol. The van der Waals surface area contributed by atoms with Crippen LogP contribution in [0.1, 0.15) is 16.8 Å². The molecule has 0 saturated carbocycles. The molecule has 0 radical (unpaired) electrons. The summed E-state index contributed by atoms with van der Waals surface area (Å²) in [6.07, 6.45) is 2.53. The standard InChI is InChI=1S/C12H10N4O3/c17-7-8-1-2-11(16-9(8)3-5-13-16)15-6-4-10(18)14-12(15)19/h1-3,5,7H,4,6H2,(H,14,18,19). The Bertz CT molecular complexity index is 691. The van der Waals surface area contributed by atoms with E-state index in [1.807, 2.05) is 0 Å². The van der Waals surface area contributed by atoms with Crippen molar-refractivity contribution in [1.29, 1.82) is 0 Å². The number of nitrogens with zero attached hydrogens (tertiary/aromatic N) is 3. The van der Waals surface area contributed by atoms with Gasteiger partial charge in [0.2, 0.25) is 5.91 Å². The first kappa shape index (κ1) is 11.4. The van der Waals surface area contributed by atoms with Crippen LogP contribution >= 0.6 is 0 Å². The minimum absolute atomic E-state index is 0.240. The minimum atomic E-state index is -0.480. The van der Waals surface area contributed by atoms with Crippen LogP contribution in [0, 0.1) is 0 Å². The van der Waals surface area contributed by atoms with E-state index < -0.39 is 6.03 Å². The number of hydrogen-bond acceptors (Lipinski definition) is 4. The molecule has 0 unspecified atom stereocenters. The van der Waals surface area contributed by atoms with Gasteiger partial charge in [-0.15, -0.1) is 0 Å². The van der Waals surface area contributed by atoms with E-state index in [9.17, 15) is 14.4 Å². The Morgan fingerprint density at radius 1 is 1.26 bits per heavy atom. The third-order valence-corrected chi connectivity index (χ3v) is 3.02. The van der Waals surface area contributed by atoms with Crippen molar-refractivity contribution in [3.8, 4) is 0 Å². The van der Waals surface area contributed by atoms with Crippen LogP contribution < -0.4 is 10.2 Å². The maximum atomic E-state index is 11.8. The first-order valence-electron chi connectivity index (χ1n) is 5.74. The zero-order valence-electron chi connectivity index (χ0n) is 9.87. The first-order chi connectivity index (χ1) is 9.20. The van der Waals surface area contributed by atoms with Crippen molar-refractivity contribution < 1.29 is 14.4 Å². The van der Waals surface area contributed by atoms with E-state index in [-0.39, 0.29) is 12.3 Å². The number of nitrogens with one attached hydrogen (secondary N) is 1. The van der Waals surface area contributed by atoms with Crippen LogP contribution in [0.4, 0.5) is 10.6 Å². The van der Waals surface area contributed by atoms with Crippen LogP contribution in [0.3, 0.4) is 0 Å². The van der Waals surface area contributed by atoms with Gasteiger partial charge in [-0.05, 0) is 18.2 Å². The molecule has 1 aliphatic rings. The molecule has 2 aromatic rings. The molecule has 96 valence electrons. The number of carbonyl (C=O) groups excluding carboxylic acids is 3.